The van der Waals surface area contributed by atoms with Crippen molar-refractivity contribution in [1.29, 1.82) is 0 Å². The fourth-order valence-corrected chi connectivity index (χ4v) is 6.72. The van der Waals surface area contributed by atoms with Gasteiger partial charge < -0.3 is 29.6 Å². The third-order valence-corrected chi connectivity index (χ3v) is 12.8. The second-order valence-electron chi connectivity index (χ2n) is 13.9. The molecule has 0 heterocycles. The molecule has 2 aromatic carbocycles. The van der Waals surface area contributed by atoms with E-state index in [-0.39, 0.29) is 70.6 Å². The minimum absolute atomic E-state index is 0. The molecule has 4 rings (SSSR count). The van der Waals surface area contributed by atoms with Crippen molar-refractivity contribution in [3.05, 3.63) is 91.0 Å². The Hall–Kier alpha value is 1.13. The van der Waals surface area contributed by atoms with Crippen molar-refractivity contribution in [3.8, 4) is 0 Å². The van der Waals surface area contributed by atoms with Crippen LogP contribution in [0.5, 0.6) is 0 Å². The Kier molecular flexibility index (Phi) is 60.9. The molecule has 8 nitrogen and oxygen atoms in total. The predicted octanol–water partition coefficient (Wildman–Crippen LogP) is 16.3. The quantitative estimate of drug-likeness (QED) is 0.190. The first-order valence-corrected chi connectivity index (χ1v) is 28.4. The second-order valence-corrected chi connectivity index (χ2v) is 22.8. The van der Waals surface area contributed by atoms with Gasteiger partial charge in [-0.05, 0) is 98.4 Å². The molecule has 0 saturated heterocycles. The van der Waals surface area contributed by atoms with Gasteiger partial charge in [0.1, 0.15) is 0 Å². The number of aryl methyl sites for hydroxylation is 2. The molecular formula is C45H88O8P4W3-2. The van der Waals surface area contributed by atoms with Gasteiger partial charge in [-0.15, -0.1) is 4.52 Å². The first-order valence-electron chi connectivity index (χ1n) is 20.0. The molecule has 3 atom stereocenters. The Balaban J connectivity index is -0.0000000974. The maximum Gasteiger partial charge on any atom is 0.504 e. The molecule has 0 spiro atoms. The summed E-state index contributed by atoms with van der Waals surface area (Å²) in [4.78, 5) is 0. The van der Waals surface area contributed by atoms with Crippen LogP contribution in [-0.2, 0) is 99.6 Å². The number of benzene rings is 2. The molecular weight excluding hydrogens is 1340 g/mol. The van der Waals surface area contributed by atoms with Crippen molar-refractivity contribution in [1.82, 2.24) is 0 Å². The van der Waals surface area contributed by atoms with Gasteiger partial charge in [0.25, 0.3) is 0 Å². The van der Waals surface area contributed by atoms with Crippen LogP contribution in [0, 0.1) is 45.9 Å². The normalized spacial score (nSPS) is 19.4. The van der Waals surface area contributed by atoms with Gasteiger partial charge in [0, 0.05) is 104 Å². The van der Waals surface area contributed by atoms with Gasteiger partial charge in [0.15, 0.2) is 14.0 Å². The monoisotopic (exact) mass is 1430 g/mol. The summed E-state index contributed by atoms with van der Waals surface area (Å²) in [5, 5.41) is 0. The van der Waals surface area contributed by atoms with Crippen LogP contribution in [-0.4, -0.2) is 61.3 Å². The van der Waals surface area contributed by atoms with Crippen molar-refractivity contribution in [2.24, 2.45) is 11.8 Å². The fraction of sp³-hybridized carbons (Fsp3) is 0.667. The molecule has 356 valence electrons. The molecule has 2 aromatic rings. The van der Waals surface area contributed by atoms with Crippen molar-refractivity contribution >= 4 is 30.1 Å². The van der Waals surface area contributed by atoms with E-state index in [9.17, 15) is 18.3 Å². The zero-order valence-electron chi connectivity index (χ0n) is 39.7. The summed E-state index contributed by atoms with van der Waals surface area (Å²) in [5.41, 5.74) is 5.70. The van der Waals surface area contributed by atoms with Crippen LogP contribution in [0.15, 0.2) is 48.5 Å². The Labute approximate surface area is 416 Å². The van der Waals surface area contributed by atoms with Crippen molar-refractivity contribution < 1.29 is 99.6 Å². The summed E-state index contributed by atoms with van der Waals surface area (Å²) in [6.07, 6.45) is 10.9. The first kappa shape index (κ1) is 78.3. The van der Waals surface area contributed by atoms with Gasteiger partial charge in [-0.25, -0.2) is 0 Å². The summed E-state index contributed by atoms with van der Waals surface area (Å²) in [6, 6.07) is 18.0. The smallest absolute Gasteiger partial charge is 0.356 e. The Bertz CT molecular complexity index is 1330. The summed E-state index contributed by atoms with van der Waals surface area (Å²) in [5.74, 6) is 2.98. The molecule has 3 unspecified atom stereocenters. The van der Waals surface area contributed by atoms with E-state index in [1.807, 2.05) is 27.7 Å². The first-order chi connectivity index (χ1) is 26.1. The van der Waals surface area contributed by atoms with Crippen LogP contribution < -0.4 is 0 Å². The molecule has 0 aromatic heterocycles. The van der Waals surface area contributed by atoms with Gasteiger partial charge in [-0.2, -0.15) is 6.92 Å². The summed E-state index contributed by atoms with van der Waals surface area (Å²) in [7, 11) is -2.73. The second kappa shape index (κ2) is 46.7. The molecule has 2 aliphatic rings. The third kappa shape index (κ3) is 47.1. The van der Waals surface area contributed by atoms with Gasteiger partial charge in [-0.3, -0.25) is 17.9 Å². The SMILES string of the molecule is C.CC.CC.COP(C)(C)=O.CO[P+](C)=O.Cc1ccc(C2CCC(C)CC2)cc1.[CH2-]C.[CH2-]P(=O)(CC1CCC(c2ccc(C)cc2)CC1)OC.[CH2-]P(C)(=O)OC.[W].[W].[W]. The Morgan fingerprint density at radius 1 is 0.617 bits per heavy atom. The largest absolute Gasteiger partial charge is 0.504 e. The summed E-state index contributed by atoms with van der Waals surface area (Å²) >= 11 is 0. The molecule has 2 saturated carbocycles. The topological polar surface area (TPSA) is 105 Å². The molecule has 0 N–H and O–H groups in total. The van der Waals surface area contributed by atoms with Crippen LogP contribution in [0.1, 0.15) is 134 Å². The minimum Gasteiger partial charge on any atom is -0.356 e. The van der Waals surface area contributed by atoms with Crippen LogP contribution in [0.25, 0.3) is 0 Å². The van der Waals surface area contributed by atoms with Crippen molar-refractivity contribution in [2.45, 2.75) is 126 Å². The van der Waals surface area contributed by atoms with E-state index in [0.717, 1.165) is 24.7 Å². The maximum absolute atomic E-state index is 11.9. The predicted molar refractivity (Wildman–Crippen MR) is 256 cm³/mol. The van der Waals surface area contributed by atoms with E-state index in [2.05, 4.69) is 103 Å². The standard InChI is InChI=1S/C16H24O2P.C14H20.C3H9O2P.C3H8O2P.C2H6O2P.2C2H6.C2H5.CH4.3W/c1-13-4-8-15(9-5-13)16-10-6-14(7-11-16)12-19(3,17)18-2;1-11-3-7-13(8-4-11)14-9-5-12(2)6-10-14;2*1-5-6(2,3)4;1-4-5(2)3;3*1-2;;;;/h4-5,8-9,14,16H,3,6-7,10-12H2,1-2H3;3-4,7-8,12,14H,5-6,9-10H2,1-2H3;1-3H3;2H2,1,3H3;1-2H3;2*1-2H3;1H2,2H3;1H4;;;/q-1;;;-1;+1;;;-1;;;;. The van der Waals surface area contributed by atoms with E-state index in [1.165, 1.54) is 97.0 Å². The van der Waals surface area contributed by atoms with E-state index >= 15 is 0 Å². The average Bonchev–Trinajstić information content (AvgIpc) is 3.19. The van der Waals surface area contributed by atoms with Crippen LogP contribution in [0.4, 0.5) is 0 Å². The molecule has 0 amide bonds. The number of hydrogen-bond donors (Lipinski definition) is 0. The third-order valence-electron chi connectivity index (χ3n) is 8.91. The molecule has 2 aliphatic carbocycles. The molecule has 0 radical (unpaired) electrons. The Morgan fingerprint density at radius 2 is 0.883 bits per heavy atom. The van der Waals surface area contributed by atoms with Crippen LogP contribution >= 0.6 is 30.1 Å². The number of hydrogen-bond acceptors (Lipinski definition) is 8. The molecule has 15 heteroatoms. The molecule has 0 aliphatic heterocycles. The molecule has 0 bridgehead atoms. The van der Waals surface area contributed by atoms with Crippen molar-refractivity contribution in [3.63, 3.8) is 0 Å². The average molecular weight is 1430 g/mol. The minimum atomic E-state index is -2.59. The zero-order valence-corrected chi connectivity index (χ0v) is 52.1. The van der Waals surface area contributed by atoms with Gasteiger partial charge >= 0.3 is 8.03 Å². The molecule has 60 heavy (non-hydrogen) atoms. The summed E-state index contributed by atoms with van der Waals surface area (Å²) in [6.45, 7) is 32.7. The van der Waals surface area contributed by atoms with Gasteiger partial charge in [0.2, 0.25) is 0 Å². The van der Waals surface area contributed by atoms with E-state index in [0.29, 0.717) is 18.0 Å². The van der Waals surface area contributed by atoms with Crippen LogP contribution in [0.3, 0.4) is 0 Å². The van der Waals surface area contributed by atoms with E-state index in [1.54, 1.807) is 25.8 Å². The van der Waals surface area contributed by atoms with Crippen molar-refractivity contribution in [2.75, 3.05) is 61.3 Å². The van der Waals surface area contributed by atoms with E-state index < -0.39 is 30.1 Å². The summed E-state index contributed by atoms with van der Waals surface area (Å²) < 4.78 is 60.4. The van der Waals surface area contributed by atoms with Gasteiger partial charge in [0.05, 0.1) is 21.8 Å². The van der Waals surface area contributed by atoms with E-state index in [4.69, 9.17) is 4.52 Å². The molecule has 2 fully saturated rings. The zero-order chi connectivity index (χ0) is 44.5. The van der Waals surface area contributed by atoms with Gasteiger partial charge in [-0.1, -0.05) is 115 Å². The number of rotatable bonds is 8. The maximum atomic E-state index is 11.9. The van der Waals surface area contributed by atoms with Crippen LogP contribution in [0.2, 0.25) is 0 Å². The Morgan fingerprint density at radius 3 is 1.10 bits per heavy atom. The fourth-order valence-electron chi connectivity index (χ4n) is 5.42.